The molecule has 0 aliphatic carbocycles. The Balaban J connectivity index is 2.37. The highest BCUT2D eigenvalue weighted by Gasteiger charge is 2.17. The Kier molecular flexibility index (Phi) is 2.11. The highest BCUT2D eigenvalue weighted by molar-refractivity contribution is 5.32. The van der Waals surface area contributed by atoms with Crippen molar-refractivity contribution in [2.75, 3.05) is 13.2 Å². The first-order chi connectivity index (χ1) is 5.92. The Morgan fingerprint density at radius 1 is 1.42 bits per heavy atom. The van der Waals surface area contributed by atoms with E-state index in [1.54, 1.807) is 0 Å². The lowest BCUT2D eigenvalue weighted by molar-refractivity contribution is 0.256. The minimum absolute atomic E-state index is 0.240. The zero-order chi connectivity index (χ0) is 8.39. The van der Waals surface area contributed by atoms with Crippen LogP contribution in [0.2, 0.25) is 0 Å². The van der Waals surface area contributed by atoms with Crippen LogP contribution < -0.4 is 5.32 Å². The number of aliphatic hydroxyl groups is 1. The molecule has 0 saturated carbocycles. The molecule has 0 amide bonds. The molecule has 2 rings (SSSR count). The van der Waals surface area contributed by atoms with Gasteiger partial charge in [0.2, 0.25) is 0 Å². The Bertz CT molecular complexity index is 272. The molecule has 12 heavy (non-hydrogen) atoms. The Hall–Kier alpha value is -0.860. The number of nitrogens with one attached hydrogen (secondary N) is 1. The molecule has 1 aliphatic heterocycles. The summed E-state index contributed by atoms with van der Waals surface area (Å²) in [5.41, 5.74) is 2.63. The molecule has 1 aromatic carbocycles. The Labute approximate surface area is 72.2 Å². The summed E-state index contributed by atoms with van der Waals surface area (Å²) < 4.78 is 0. The van der Waals surface area contributed by atoms with Gasteiger partial charge >= 0.3 is 0 Å². The molecule has 1 aliphatic rings. The average molecular weight is 163 g/mol. The van der Waals surface area contributed by atoms with E-state index in [9.17, 15) is 0 Å². The molecule has 2 N–H and O–H groups in total. The smallest absolute Gasteiger partial charge is 0.0512 e. The predicted molar refractivity (Wildman–Crippen MR) is 48.0 cm³/mol. The summed E-state index contributed by atoms with van der Waals surface area (Å²) in [7, 11) is 0. The van der Waals surface area contributed by atoms with Crippen molar-refractivity contribution >= 4 is 0 Å². The molecule has 0 saturated heterocycles. The van der Waals surface area contributed by atoms with Crippen molar-refractivity contribution in [1.82, 2.24) is 5.32 Å². The van der Waals surface area contributed by atoms with Gasteiger partial charge in [0.25, 0.3) is 0 Å². The fraction of sp³-hybridized carbons (Fsp3) is 0.400. The largest absolute Gasteiger partial charge is 0.396 e. The van der Waals surface area contributed by atoms with E-state index in [0.717, 1.165) is 13.1 Å². The van der Waals surface area contributed by atoms with Crippen LogP contribution in [0.25, 0.3) is 0 Å². The van der Waals surface area contributed by atoms with Gasteiger partial charge in [-0.3, -0.25) is 0 Å². The summed E-state index contributed by atoms with van der Waals surface area (Å²) in [6.45, 7) is 2.07. The highest BCUT2D eigenvalue weighted by atomic mass is 16.3. The van der Waals surface area contributed by atoms with Crippen molar-refractivity contribution < 1.29 is 5.11 Å². The van der Waals surface area contributed by atoms with Crippen LogP contribution in [-0.2, 0) is 6.54 Å². The zero-order valence-electron chi connectivity index (χ0n) is 6.96. The molecule has 0 radical (unpaired) electrons. The van der Waals surface area contributed by atoms with Crippen molar-refractivity contribution in [3.05, 3.63) is 35.4 Å². The molecule has 0 spiro atoms. The van der Waals surface area contributed by atoms with Gasteiger partial charge in [-0.25, -0.2) is 0 Å². The second kappa shape index (κ2) is 3.25. The number of rotatable bonds is 1. The molecule has 2 heteroatoms. The third kappa shape index (κ3) is 1.24. The normalized spacial score (nSPS) is 21.9. The van der Waals surface area contributed by atoms with E-state index >= 15 is 0 Å². The van der Waals surface area contributed by atoms with Crippen molar-refractivity contribution in [2.45, 2.75) is 12.5 Å². The molecule has 64 valence electrons. The molecule has 0 aromatic heterocycles. The van der Waals surface area contributed by atoms with Crippen LogP contribution in [0.3, 0.4) is 0 Å². The number of fused-ring (bicyclic) bond motifs is 1. The summed E-state index contributed by atoms with van der Waals surface area (Å²) in [5, 5.41) is 12.4. The molecule has 1 heterocycles. The molecule has 0 fully saturated rings. The fourth-order valence-electron chi connectivity index (χ4n) is 1.75. The summed E-state index contributed by atoms with van der Waals surface area (Å²) in [6, 6.07) is 8.30. The van der Waals surface area contributed by atoms with E-state index in [-0.39, 0.29) is 12.5 Å². The van der Waals surface area contributed by atoms with E-state index < -0.39 is 0 Å². The maximum Gasteiger partial charge on any atom is 0.0512 e. The van der Waals surface area contributed by atoms with Gasteiger partial charge in [0.05, 0.1) is 6.61 Å². The van der Waals surface area contributed by atoms with Crippen LogP contribution in [0.15, 0.2) is 24.3 Å². The van der Waals surface area contributed by atoms with E-state index in [1.165, 1.54) is 11.1 Å². The summed E-state index contributed by atoms with van der Waals surface area (Å²) >= 11 is 0. The molecular formula is C10H13NO. The fourth-order valence-corrected chi connectivity index (χ4v) is 1.75. The first kappa shape index (κ1) is 7.77. The lowest BCUT2D eigenvalue weighted by Crippen LogP contribution is -2.29. The second-order valence-corrected chi connectivity index (χ2v) is 3.21. The number of hydrogen-bond acceptors (Lipinski definition) is 2. The standard InChI is InChI=1S/C10H13NO/c12-7-9-6-11-5-8-3-1-2-4-10(8)9/h1-4,9,11-12H,5-7H2/t9-/m1/s1. The van der Waals surface area contributed by atoms with Crippen LogP contribution in [-0.4, -0.2) is 18.3 Å². The van der Waals surface area contributed by atoms with Gasteiger partial charge in [0, 0.05) is 19.0 Å². The van der Waals surface area contributed by atoms with Crippen LogP contribution in [0.4, 0.5) is 0 Å². The van der Waals surface area contributed by atoms with E-state index in [2.05, 4.69) is 17.4 Å². The van der Waals surface area contributed by atoms with Crippen LogP contribution in [0.5, 0.6) is 0 Å². The van der Waals surface area contributed by atoms with E-state index in [0.29, 0.717) is 0 Å². The maximum atomic E-state index is 9.10. The van der Waals surface area contributed by atoms with Crippen molar-refractivity contribution in [2.24, 2.45) is 0 Å². The Morgan fingerprint density at radius 3 is 3.08 bits per heavy atom. The quantitative estimate of drug-likeness (QED) is 0.643. The molecule has 1 aromatic rings. The average Bonchev–Trinajstić information content (AvgIpc) is 2.17. The number of hydrogen-bond donors (Lipinski definition) is 2. The van der Waals surface area contributed by atoms with Crippen molar-refractivity contribution in [3.63, 3.8) is 0 Å². The minimum Gasteiger partial charge on any atom is -0.396 e. The monoisotopic (exact) mass is 163 g/mol. The zero-order valence-corrected chi connectivity index (χ0v) is 6.96. The highest BCUT2D eigenvalue weighted by Crippen LogP contribution is 2.22. The third-order valence-corrected chi connectivity index (χ3v) is 2.42. The molecular weight excluding hydrogens is 150 g/mol. The van der Waals surface area contributed by atoms with Gasteiger partial charge in [-0.2, -0.15) is 0 Å². The topological polar surface area (TPSA) is 32.3 Å². The number of benzene rings is 1. The Morgan fingerprint density at radius 2 is 2.25 bits per heavy atom. The minimum atomic E-state index is 0.240. The summed E-state index contributed by atoms with van der Waals surface area (Å²) in [5.74, 6) is 0.287. The first-order valence-corrected chi connectivity index (χ1v) is 4.31. The first-order valence-electron chi connectivity index (χ1n) is 4.31. The predicted octanol–water partition coefficient (Wildman–Crippen LogP) is 0.866. The van der Waals surface area contributed by atoms with Gasteiger partial charge < -0.3 is 10.4 Å². The van der Waals surface area contributed by atoms with Crippen LogP contribution >= 0.6 is 0 Å². The SMILES string of the molecule is OC[C@H]1CNCc2ccccc21. The molecule has 2 nitrogen and oxygen atoms in total. The molecule has 0 unspecified atom stereocenters. The maximum absolute atomic E-state index is 9.10. The molecule has 0 bridgehead atoms. The lowest BCUT2D eigenvalue weighted by atomic mass is 9.92. The molecule has 1 atom stereocenters. The van der Waals surface area contributed by atoms with Crippen molar-refractivity contribution in [3.8, 4) is 0 Å². The van der Waals surface area contributed by atoms with Gasteiger partial charge in [-0.15, -0.1) is 0 Å². The van der Waals surface area contributed by atoms with Gasteiger partial charge in [-0.1, -0.05) is 24.3 Å². The number of aliphatic hydroxyl groups excluding tert-OH is 1. The van der Waals surface area contributed by atoms with E-state index in [1.807, 2.05) is 12.1 Å². The van der Waals surface area contributed by atoms with Crippen molar-refractivity contribution in [1.29, 1.82) is 0 Å². The summed E-state index contributed by atoms with van der Waals surface area (Å²) in [4.78, 5) is 0. The van der Waals surface area contributed by atoms with Crippen LogP contribution in [0.1, 0.15) is 17.0 Å². The third-order valence-electron chi connectivity index (χ3n) is 2.42. The summed E-state index contributed by atoms with van der Waals surface area (Å²) in [6.07, 6.45) is 0. The van der Waals surface area contributed by atoms with Gasteiger partial charge in [0.1, 0.15) is 0 Å². The van der Waals surface area contributed by atoms with Crippen LogP contribution in [0, 0.1) is 0 Å². The second-order valence-electron chi connectivity index (χ2n) is 3.21. The van der Waals surface area contributed by atoms with Gasteiger partial charge in [0.15, 0.2) is 0 Å². The van der Waals surface area contributed by atoms with E-state index in [4.69, 9.17) is 5.11 Å². The van der Waals surface area contributed by atoms with Gasteiger partial charge in [-0.05, 0) is 11.1 Å². The lowest BCUT2D eigenvalue weighted by Gasteiger charge is -2.24.